The van der Waals surface area contributed by atoms with E-state index < -0.39 is 16.8 Å². The van der Waals surface area contributed by atoms with Gasteiger partial charge in [-0.05, 0) is 65.1 Å². The zero-order chi connectivity index (χ0) is 31.4. The fraction of sp³-hybridized carbons (Fsp3) is 0.969. The van der Waals surface area contributed by atoms with Gasteiger partial charge in [0.2, 0.25) is 0 Å². The van der Waals surface area contributed by atoms with Gasteiger partial charge in [-0.15, -0.1) is 0 Å². The van der Waals surface area contributed by atoms with Crippen molar-refractivity contribution < 1.29 is 35.4 Å². The third-order valence-corrected chi connectivity index (χ3v) is 15.6. The third-order valence-electron chi connectivity index (χ3n) is 15.6. The quantitative estimate of drug-likeness (QED) is 0.295. The number of fused-ring (bicyclic) bond motifs is 4. The van der Waals surface area contributed by atoms with E-state index in [2.05, 4.69) is 69.2 Å². The lowest BCUT2D eigenvalue weighted by Crippen LogP contribution is -2.61. The molecule has 39 heavy (non-hydrogen) atoms. The number of carboxylic acids is 1. The highest BCUT2D eigenvalue weighted by Crippen LogP contribution is 2.82. The molecule has 4 bridgehead atoms. The third kappa shape index (κ3) is 3.68. The van der Waals surface area contributed by atoms with Gasteiger partial charge in [0.15, 0.2) is 0 Å². The second-order valence-corrected chi connectivity index (χ2v) is 15.1. The van der Waals surface area contributed by atoms with Crippen molar-refractivity contribution in [3.05, 3.63) is 0 Å². The molecule has 232 valence electrons. The summed E-state index contributed by atoms with van der Waals surface area (Å²) in [6.07, 6.45) is 2.01. The highest BCUT2D eigenvalue weighted by atomic mass is 16.4. The first-order valence-corrected chi connectivity index (χ1v) is 14.6. The van der Waals surface area contributed by atoms with Gasteiger partial charge in [0.1, 0.15) is 0 Å². The minimum Gasteiger partial charge on any atom is -0.481 e. The Morgan fingerprint density at radius 2 is 0.769 bits per heavy atom. The van der Waals surface area contributed by atoms with Crippen LogP contribution in [-0.2, 0) is 4.79 Å². The van der Waals surface area contributed by atoms with Gasteiger partial charge in [-0.3, -0.25) is 4.79 Å². The number of aliphatic carboxylic acids is 1. The van der Waals surface area contributed by atoms with E-state index in [1.807, 2.05) is 13.8 Å². The van der Waals surface area contributed by atoms with Crippen LogP contribution in [0.5, 0.6) is 0 Å². The van der Waals surface area contributed by atoms with Gasteiger partial charge in [-0.2, -0.15) is 0 Å². The Morgan fingerprint density at radius 1 is 0.538 bits per heavy atom. The highest BCUT2D eigenvalue weighted by Gasteiger charge is 2.80. The smallest absolute Gasteiger partial charge is 0.310 e. The molecule has 12 unspecified atom stereocenters. The van der Waals surface area contributed by atoms with Crippen molar-refractivity contribution in [1.82, 2.24) is 0 Å². The molecule has 6 N–H and O–H groups in total. The summed E-state index contributed by atoms with van der Waals surface area (Å²) < 4.78 is 0. The van der Waals surface area contributed by atoms with E-state index in [1.54, 1.807) is 0 Å². The zero-order valence-corrected chi connectivity index (χ0v) is 27.4. The van der Waals surface area contributed by atoms with Crippen LogP contribution >= 0.6 is 0 Å². The molecule has 0 saturated heterocycles. The van der Waals surface area contributed by atoms with E-state index in [4.69, 9.17) is 10.2 Å². The molecular formula is C32H62O7. The van der Waals surface area contributed by atoms with E-state index in [9.17, 15) is 25.2 Å². The van der Waals surface area contributed by atoms with Gasteiger partial charge in [0, 0.05) is 43.7 Å². The van der Waals surface area contributed by atoms with Crippen LogP contribution in [0.25, 0.3) is 0 Å². The second kappa shape index (κ2) is 10.8. The fourth-order valence-electron chi connectivity index (χ4n) is 11.1. The van der Waals surface area contributed by atoms with Gasteiger partial charge in [0.05, 0.1) is 12.0 Å². The Labute approximate surface area is 238 Å². The van der Waals surface area contributed by atoms with Crippen LogP contribution in [0.15, 0.2) is 0 Å². The number of rotatable bonds is 4. The van der Waals surface area contributed by atoms with E-state index in [1.165, 1.54) is 0 Å². The first-order valence-electron chi connectivity index (χ1n) is 14.6. The molecule has 7 heteroatoms. The van der Waals surface area contributed by atoms with Crippen molar-refractivity contribution in [2.24, 2.45) is 67.0 Å². The molecule has 0 spiro atoms. The van der Waals surface area contributed by atoms with Gasteiger partial charge < -0.3 is 30.6 Å². The van der Waals surface area contributed by atoms with Crippen LogP contribution < -0.4 is 0 Å². The minimum absolute atomic E-state index is 0.0566. The Bertz CT molecular complexity index is 864. The van der Waals surface area contributed by atoms with Crippen molar-refractivity contribution in [2.75, 3.05) is 34.0 Å². The molecule has 12 atom stereocenters. The van der Waals surface area contributed by atoms with Crippen LogP contribution in [0.4, 0.5) is 0 Å². The van der Waals surface area contributed by atoms with Crippen LogP contribution in [0.3, 0.4) is 0 Å². The molecule has 4 aliphatic rings. The summed E-state index contributed by atoms with van der Waals surface area (Å²) >= 11 is 0. The Balaban J connectivity index is 0.000000347. The van der Waals surface area contributed by atoms with Crippen molar-refractivity contribution in [2.45, 2.75) is 95.9 Å². The molecule has 0 aliphatic heterocycles. The predicted octanol–water partition coefficient (Wildman–Crippen LogP) is 4.68. The summed E-state index contributed by atoms with van der Waals surface area (Å²) in [5.74, 6) is 1.24. The number of aliphatic hydroxyl groups excluding tert-OH is 5. The summed E-state index contributed by atoms with van der Waals surface area (Å²) in [4.78, 5) is 12.0. The maximum Gasteiger partial charge on any atom is 0.310 e. The van der Waals surface area contributed by atoms with Gasteiger partial charge in [-0.1, -0.05) is 76.2 Å². The van der Waals surface area contributed by atoms with Crippen LogP contribution in [0.2, 0.25) is 0 Å². The Kier molecular flexibility index (Phi) is 10.1. The van der Waals surface area contributed by atoms with E-state index in [0.29, 0.717) is 23.7 Å². The molecule has 0 aromatic rings. The summed E-state index contributed by atoms with van der Waals surface area (Å²) in [7, 11) is 2.00. The van der Waals surface area contributed by atoms with Gasteiger partial charge in [0.25, 0.3) is 0 Å². The highest BCUT2D eigenvalue weighted by molar-refractivity contribution is 5.78. The molecule has 0 radical (unpaired) electrons. The standard InChI is InChI=1S/C15H26O3.C15H28O2.2CH4O/c1-9-10(2)13(4)7-12(9,3)14(5,8-16)15(13,6)11(17)18;1-10-11(2)13(4)7-12(10,3)14(5,8-16)15(13,6)9-17;2*1-2/h9-10,16H,7-8H2,1-6H3,(H,17,18);10-11,16-17H,7-9H2,1-6H3;2*2H,1H3. The lowest BCUT2D eigenvalue weighted by Gasteiger charge is -2.60. The lowest BCUT2D eigenvalue weighted by atomic mass is 9.45. The molecule has 7 nitrogen and oxygen atoms in total. The number of hydrogen-bond donors (Lipinski definition) is 6. The van der Waals surface area contributed by atoms with Crippen LogP contribution in [-0.4, -0.2) is 70.6 Å². The molecule has 4 rings (SSSR count). The summed E-state index contributed by atoms with van der Waals surface area (Å²) in [5, 5.41) is 53.8. The largest absolute Gasteiger partial charge is 0.481 e. The fourth-order valence-corrected chi connectivity index (χ4v) is 11.1. The van der Waals surface area contributed by atoms with E-state index >= 15 is 0 Å². The first-order chi connectivity index (χ1) is 17.7. The van der Waals surface area contributed by atoms with E-state index in [0.717, 1.165) is 27.1 Å². The molecule has 0 amide bonds. The van der Waals surface area contributed by atoms with Crippen molar-refractivity contribution in [3.8, 4) is 0 Å². The van der Waals surface area contributed by atoms with Crippen molar-refractivity contribution >= 4 is 5.97 Å². The minimum atomic E-state index is -0.866. The molecular weight excluding hydrogens is 496 g/mol. The van der Waals surface area contributed by atoms with Crippen LogP contribution in [0, 0.1) is 67.0 Å². The van der Waals surface area contributed by atoms with Crippen molar-refractivity contribution in [3.63, 3.8) is 0 Å². The van der Waals surface area contributed by atoms with Crippen LogP contribution in [0.1, 0.15) is 95.9 Å². The number of carbonyl (C=O) groups is 1. The monoisotopic (exact) mass is 558 g/mol. The first kappa shape index (κ1) is 36.3. The second-order valence-electron chi connectivity index (χ2n) is 15.1. The Morgan fingerprint density at radius 3 is 1.03 bits per heavy atom. The number of carboxylic acid groups (broad SMARTS) is 1. The number of aliphatic hydroxyl groups is 5. The average Bonchev–Trinajstić information content (AvgIpc) is 3.36. The average molecular weight is 559 g/mol. The molecule has 4 saturated carbocycles. The van der Waals surface area contributed by atoms with E-state index in [-0.39, 0.29) is 52.3 Å². The van der Waals surface area contributed by atoms with Gasteiger partial charge in [-0.25, -0.2) is 0 Å². The summed E-state index contributed by atoms with van der Waals surface area (Å²) in [6, 6.07) is 0. The Hall–Kier alpha value is -0.730. The summed E-state index contributed by atoms with van der Waals surface area (Å²) in [6.45, 7) is 26.4. The predicted molar refractivity (Wildman–Crippen MR) is 156 cm³/mol. The molecule has 0 heterocycles. The normalized spacial score (nSPS) is 54.6. The maximum absolute atomic E-state index is 12.0. The maximum atomic E-state index is 12.0. The zero-order valence-electron chi connectivity index (χ0n) is 27.4. The molecule has 0 aromatic heterocycles. The topological polar surface area (TPSA) is 138 Å². The number of hydrogen-bond acceptors (Lipinski definition) is 6. The molecule has 4 fully saturated rings. The summed E-state index contributed by atoms with van der Waals surface area (Å²) in [5.41, 5.74) is -1.89. The molecule has 0 aromatic carbocycles. The van der Waals surface area contributed by atoms with Gasteiger partial charge >= 0.3 is 5.97 Å². The molecule has 4 aliphatic carbocycles. The van der Waals surface area contributed by atoms with Crippen molar-refractivity contribution in [1.29, 1.82) is 0 Å². The SMILES string of the molecule is CC1C(C)C2(C)CC1(C)C(C)(CO)C2(C)C(=O)O.CC1C(C)C2(C)CC1(C)C(C)(CO)C2(C)CO.CO.CO. The lowest BCUT2D eigenvalue weighted by molar-refractivity contribution is -0.191.